The number of aromatic nitrogens is 3. The molecule has 0 unspecified atom stereocenters. The molecule has 1 fully saturated rings. The third kappa shape index (κ3) is 3.34. The van der Waals surface area contributed by atoms with Gasteiger partial charge in [0, 0.05) is 55.1 Å². The number of sulfone groups is 1. The smallest absolute Gasteiger partial charge is 0.221 e. The van der Waals surface area contributed by atoms with Crippen LogP contribution in [0.25, 0.3) is 11.1 Å². The van der Waals surface area contributed by atoms with Crippen LogP contribution in [0.15, 0.2) is 53.8 Å². The Balaban J connectivity index is 1.45. The van der Waals surface area contributed by atoms with Crippen LogP contribution in [-0.2, 0) is 16.4 Å². The van der Waals surface area contributed by atoms with Crippen LogP contribution in [0.5, 0.6) is 5.88 Å². The van der Waals surface area contributed by atoms with E-state index in [0.29, 0.717) is 29.9 Å². The second-order valence-electron chi connectivity index (χ2n) is 8.62. The first-order valence-corrected chi connectivity index (χ1v) is 12.1. The van der Waals surface area contributed by atoms with Crippen LogP contribution in [0.2, 0.25) is 0 Å². The van der Waals surface area contributed by atoms with Gasteiger partial charge < -0.3 is 4.74 Å². The summed E-state index contributed by atoms with van der Waals surface area (Å²) in [5, 5.41) is 4.02. The average molecular weight is 439 g/mol. The van der Waals surface area contributed by atoms with Crippen LogP contribution < -0.4 is 4.74 Å². The molecule has 2 aliphatic rings. The molecule has 4 heterocycles. The minimum absolute atomic E-state index is 0.0252. The van der Waals surface area contributed by atoms with E-state index in [2.05, 4.69) is 28.8 Å². The molecule has 7 nitrogen and oxygen atoms in total. The van der Waals surface area contributed by atoms with Crippen molar-refractivity contribution in [2.45, 2.75) is 42.5 Å². The maximum Gasteiger partial charge on any atom is 0.221 e. The molecule has 0 bridgehead atoms. The largest absolute Gasteiger partial charge is 0.481 e. The molecule has 3 aromatic rings. The van der Waals surface area contributed by atoms with Gasteiger partial charge in [0.25, 0.3) is 0 Å². The second kappa shape index (κ2) is 7.46. The van der Waals surface area contributed by atoms with E-state index in [1.807, 2.05) is 41.3 Å². The van der Waals surface area contributed by atoms with Gasteiger partial charge in [-0.05, 0) is 49.2 Å². The lowest BCUT2D eigenvalue weighted by Crippen LogP contribution is -2.25. The lowest BCUT2D eigenvalue weighted by molar-refractivity contribution is 0.325. The molecular weight excluding hydrogens is 412 g/mol. The summed E-state index contributed by atoms with van der Waals surface area (Å²) in [5.74, 6) is 0.512. The summed E-state index contributed by atoms with van der Waals surface area (Å²) in [6.07, 6.45) is 5.61. The van der Waals surface area contributed by atoms with Crippen molar-refractivity contribution in [3.05, 3.63) is 60.0 Å². The molecule has 1 aromatic carbocycles. The summed E-state index contributed by atoms with van der Waals surface area (Å²) in [6, 6.07) is 9.73. The van der Waals surface area contributed by atoms with Gasteiger partial charge in [0.15, 0.2) is 9.84 Å². The summed E-state index contributed by atoms with van der Waals surface area (Å²) in [5.41, 5.74) is 3.81. The highest BCUT2D eigenvalue weighted by molar-refractivity contribution is 7.92. The summed E-state index contributed by atoms with van der Waals surface area (Å²) in [6.45, 7) is 6.16. The van der Waals surface area contributed by atoms with E-state index >= 15 is 0 Å². The van der Waals surface area contributed by atoms with E-state index in [1.54, 1.807) is 19.4 Å². The molecule has 0 spiro atoms. The highest BCUT2D eigenvalue weighted by Gasteiger charge is 2.50. The lowest BCUT2D eigenvalue weighted by Gasteiger charge is -2.17. The first-order chi connectivity index (χ1) is 14.9. The molecule has 0 aliphatic carbocycles. The van der Waals surface area contributed by atoms with Gasteiger partial charge in [-0.1, -0.05) is 6.07 Å². The Morgan fingerprint density at radius 1 is 1.23 bits per heavy atom. The Hall–Kier alpha value is -2.71. The fourth-order valence-corrected chi connectivity index (χ4v) is 6.99. The van der Waals surface area contributed by atoms with E-state index < -0.39 is 15.1 Å². The highest BCUT2D eigenvalue weighted by atomic mass is 32.2. The van der Waals surface area contributed by atoms with Crippen molar-refractivity contribution >= 4 is 9.84 Å². The molecule has 0 amide bonds. The van der Waals surface area contributed by atoms with Gasteiger partial charge in [0.05, 0.1) is 23.5 Å². The van der Waals surface area contributed by atoms with Crippen molar-refractivity contribution < 1.29 is 13.2 Å². The molecule has 8 heteroatoms. The number of ether oxygens (including phenoxy) is 1. The number of benzene rings is 1. The number of nitrogens with zero attached hydrogens (tertiary/aromatic N) is 4. The predicted molar refractivity (Wildman–Crippen MR) is 118 cm³/mol. The Kier molecular flexibility index (Phi) is 4.86. The predicted octanol–water partition coefficient (Wildman–Crippen LogP) is 3.29. The van der Waals surface area contributed by atoms with Crippen LogP contribution in [0.1, 0.15) is 36.9 Å². The standard InChI is InChI=1S/C23H26N4O3S/c1-15(2)27-12-16(10-25-27)11-26-13-20-19-9-17(18-5-4-8-24-23(18)30-3)6-7-21(19)31(28,29)22(20)14-26/h4-10,12,15,20,22H,11,13-14H2,1-3H3/t20-,22-/m0/s1. The van der Waals surface area contributed by atoms with Gasteiger partial charge in [-0.3, -0.25) is 9.58 Å². The zero-order valence-corrected chi connectivity index (χ0v) is 18.7. The zero-order chi connectivity index (χ0) is 21.8. The number of rotatable bonds is 5. The molecule has 31 heavy (non-hydrogen) atoms. The molecule has 162 valence electrons. The number of methoxy groups -OCH3 is 1. The van der Waals surface area contributed by atoms with Crippen molar-refractivity contribution in [2.75, 3.05) is 20.2 Å². The van der Waals surface area contributed by atoms with Crippen molar-refractivity contribution in [3.63, 3.8) is 0 Å². The van der Waals surface area contributed by atoms with Crippen LogP contribution in [0.4, 0.5) is 0 Å². The third-order valence-electron chi connectivity index (χ3n) is 6.32. The van der Waals surface area contributed by atoms with E-state index in [1.165, 1.54) is 0 Å². The van der Waals surface area contributed by atoms with Crippen LogP contribution >= 0.6 is 0 Å². The molecule has 0 saturated carbocycles. The van der Waals surface area contributed by atoms with Crippen LogP contribution in [0.3, 0.4) is 0 Å². The summed E-state index contributed by atoms with van der Waals surface area (Å²) >= 11 is 0. The Bertz CT molecular complexity index is 1240. The normalized spacial score (nSPS) is 21.9. The maximum atomic E-state index is 13.2. The molecule has 1 saturated heterocycles. The first kappa shape index (κ1) is 20.2. The van der Waals surface area contributed by atoms with Crippen molar-refractivity contribution in [2.24, 2.45) is 0 Å². The fraction of sp³-hybridized carbons (Fsp3) is 0.391. The fourth-order valence-electron chi connectivity index (χ4n) is 4.79. The van der Waals surface area contributed by atoms with Gasteiger partial charge >= 0.3 is 0 Å². The Morgan fingerprint density at radius 2 is 2.06 bits per heavy atom. The quantitative estimate of drug-likeness (QED) is 0.608. The topological polar surface area (TPSA) is 77.3 Å². The van der Waals surface area contributed by atoms with E-state index in [4.69, 9.17) is 4.74 Å². The van der Waals surface area contributed by atoms with Crippen molar-refractivity contribution in [3.8, 4) is 17.0 Å². The summed E-state index contributed by atoms with van der Waals surface area (Å²) < 4.78 is 33.8. The average Bonchev–Trinajstić information content (AvgIpc) is 3.45. The molecule has 0 radical (unpaired) electrons. The number of fused-ring (bicyclic) bond motifs is 3. The number of pyridine rings is 1. The molecule has 2 atom stereocenters. The SMILES string of the molecule is COc1ncccc1-c1ccc2c(c1)[C@@H]1CN(Cc3cnn(C(C)C)c3)C[C@@H]1S2(=O)=O. The second-order valence-corrected chi connectivity index (χ2v) is 10.8. The minimum atomic E-state index is -3.34. The summed E-state index contributed by atoms with van der Waals surface area (Å²) in [7, 11) is -1.75. The van der Waals surface area contributed by atoms with Gasteiger partial charge in [0.2, 0.25) is 5.88 Å². The summed E-state index contributed by atoms with van der Waals surface area (Å²) in [4.78, 5) is 6.98. The van der Waals surface area contributed by atoms with E-state index in [-0.39, 0.29) is 5.92 Å². The van der Waals surface area contributed by atoms with Gasteiger partial charge in [-0.15, -0.1) is 0 Å². The molecule has 2 aliphatic heterocycles. The van der Waals surface area contributed by atoms with Crippen LogP contribution in [0, 0.1) is 0 Å². The van der Waals surface area contributed by atoms with E-state index in [0.717, 1.165) is 28.8 Å². The van der Waals surface area contributed by atoms with Gasteiger partial charge in [-0.25, -0.2) is 13.4 Å². The number of hydrogen-bond donors (Lipinski definition) is 0. The monoisotopic (exact) mass is 438 g/mol. The third-order valence-corrected chi connectivity index (χ3v) is 8.58. The van der Waals surface area contributed by atoms with E-state index in [9.17, 15) is 8.42 Å². The zero-order valence-electron chi connectivity index (χ0n) is 17.9. The Morgan fingerprint density at radius 3 is 2.81 bits per heavy atom. The molecule has 2 aromatic heterocycles. The van der Waals surface area contributed by atoms with Gasteiger partial charge in [-0.2, -0.15) is 5.10 Å². The highest BCUT2D eigenvalue weighted by Crippen LogP contribution is 2.46. The van der Waals surface area contributed by atoms with Crippen molar-refractivity contribution in [1.29, 1.82) is 0 Å². The molecular formula is C23H26N4O3S. The maximum absolute atomic E-state index is 13.2. The number of likely N-dealkylation sites (tertiary alicyclic amines) is 1. The Labute approximate surface area is 182 Å². The van der Waals surface area contributed by atoms with Crippen molar-refractivity contribution in [1.82, 2.24) is 19.7 Å². The molecule has 5 rings (SSSR count). The van der Waals surface area contributed by atoms with Gasteiger partial charge in [0.1, 0.15) is 0 Å². The number of hydrogen-bond acceptors (Lipinski definition) is 6. The van der Waals surface area contributed by atoms with Crippen LogP contribution in [-0.4, -0.2) is 53.5 Å². The minimum Gasteiger partial charge on any atom is -0.481 e. The lowest BCUT2D eigenvalue weighted by atomic mass is 9.95. The first-order valence-electron chi connectivity index (χ1n) is 10.5. The molecule has 0 N–H and O–H groups in total.